The maximum Gasteiger partial charge on any atom is 0.277 e. The van der Waals surface area contributed by atoms with Crippen LogP contribution in [0.15, 0.2) is 54.9 Å². The van der Waals surface area contributed by atoms with Gasteiger partial charge in [-0.25, -0.2) is 5.43 Å². The minimum atomic E-state index is -0.353. The van der Waals surface area contributed by atoms with Crippen LogP contribution in [0.3, 0.4) is 0 Å². The minimum absolute atomic E-state index is 0.135. The molecule has 2 aromatic carbocycles. The standard InChI is InChI=1S/C16H13Br3N2O3/c1-23-14-4-2-10(6-12(14)18)8-20-21-16(22)9-24-15-5-3-11(17)7-13(15)19/h2-8H,9H2,1H3,(H,21,22)/b20-8+. The van der Waals surface area contributed by atoms with Gasteiger partial charge in [-0.05, 0) is 73.8 Å². The summed E-state index contributed by atoms with van der Waals surface area (Å²) >= 11 is 10.1. The van der Waals surface area contributed by atoms with Crippen LogP contribution >= 0.6 is 47.8 Å². The molecule has 24 heavy (non-hydrogen) atoms. The predicted molar refractivity (Wildman–Crippen MR) is 104 cm³/mol. The zero-order chi connectivity index (χ0) is 17.5. The number of carbonyl (C=O) groups excluding carboxylic acids is 1. The van der Waals surface area contributed by atoms with Gasteiger partial charge in [-0.2, -0.15) is 5.10 Å². The third-order valence-electron chi connectivity index (χ3n) is 2.83. The molecule has 0 fully saturated rings. The van der Waals surface area contributed by atoms with E-state index in [2.05, 4.69) is 58.3 Å². The van der Waals surface area contributed by atoms with E-state index in [0.717, 1.165) is 24.7 Å². The van der Waals surface area contributed by atoms with Gasteiger partial charge in [-0.3, -0.25) is 4.79 Å². The van der Waals surface area contributed by atoms with Crippen LogP contribution in [-0.2, 0) is 4.79 Å². The summed E-state index contributed by atoms with van der Waals surface area (Å²) in [5.74, 6) is 0.953. The summed E-state index contributed by atoms with van der Waals surface area (Å²) in [4.78, 5) is 11.7. The fourth-order valence-electron chi connectivity index (χ4n) is 1.71. The Balaban J connectivity index is 1.85. The van der Waals surface area contributed by atoms with Crippen molar-refractivity contribution in [2.24, 2.45) is 5.10 Å². The second kappa shape index (κ2) is 9.19. The van der Waals surface area contributed by atoms with Crippen molar-refractivity contribution in [1.29, 1.82) is 0 Å². The molecule has 0 aliphatic rings. The highest BCUT2D eigenvalue weighted by atomic mass is 79.9. The molecule has 126 valence electrons. The number of amides is 1. The van der Waals surface area contributed by atoms with Crippen LogP contribution < -0.4 is 14.9 Å². The molecule has 0 spiro atoms. The smallest absolute Gasteiger partial charge is 0.277 e. The van der Waals surface area contributed by atoms with Crippen LogP contribution in [-0.4, -0.2) is 25.8 Å². The van der Waals surface area contributed by atoms with Crippen molar-refractivity contribution in [3.63, 3.8) is 0 Å². The van der Waals surface area contributed by atoms with E-state index < -0.39 is 0 Å². The lowest BCUT2D eigenvalue weighted by Crippen LogP contribution is -2.24. The summed E-state index contributed by atoms with van der Waals surface area (Å²) in [7, 11) is 1.60. The molecule has 0 heterocycles. The van der Waals surface area contributed by atoms with Gasteiger partial charge in [0, 0.05) is 4.47 Å². The van der Waals surface area contributed by atoms with Gasteiger partial charge in [0.05, 0.1) is 22.3 Å². The number of nitrogens with zero attached hydrogens (tertiary/aromatic N) is 1. The number of rotatable bonds is 6. The number of methoxy groups -OCH3 is 1. The van der Waals surface area contributed by atoms with Crippen molar-refractivity contribution in [2.75, 3.05) is 13.7 Å². The average Bonchev–Trinajstić information content (AvgIpc) is 2.54. The molecule has 0 aliphatic carbocycles. The van der Waals surface area contributed by atoms with Crippen molar-refractivity contribution in [2.45, 2.75) is 0 Å². The molecule has 8 heteroatoms. The minimum Gasteiger partial charge on any atom is -0.496 e. The molecule has 0 saturated carbocycles. The van der Waals surface area contributed by atoms with E-state index in [0.29, 0.717) is 5.75 Å². The first-order valence-electron chi connectivity index (χ1n) is 6.73. The molecular formula is C16H13Br3N2O3. The second-order valence-electron chi connectivity index (χ2n) is 4.55. The highest BCUT2D eigenvalue weighted by molar-refractivity contribution is 9.11. The lowest BCUT2D eigenvalue weighted by Gasteiger charge is -2.07. The van der Waals surface area contributed by atoms with Crippen LogP contribution in [0.5, 0.6) is 11.5 Å². The van der Waals surface area contributed by atoms with Crippen molar-refractivity contribution < 1.29 is 14.3 Å². The van der Waals surface area contributed by atoms with Crippen molar-refractivity contribution in [3.8, 4) is 11.5 Å². The van der Waals surface area contributed by atoms with Gasteiger partial charge in [-0.1, -0.05) is 15.9 Å². The first-order chi connectivity index (χ1) is 11.5. The number of nitrogens with one attached hydrogen (secondary N) is 1. The maximum atomic E-state index is 11.7. The largest absolute Gasteiger partial charge is 0.496 e. The van der Waals surface area contributed by atoms with Crippen molar-refractivity contribution in [3.05, 3.63) is 55.4 Å². The molecule has 0 saturated heterocycles. The zero-order valence-electron chi connectivity index (χ0n) is 12.6. The van der Waals surface area contributed by atoms with E-state index in [9.17, 15) is 4.79 Å². The Kier molecular flexibility index (Phi) is 7.26. The Morgan fingerprint density at radius 1 is 1.12 bits per heavy atom. The third-order valence-corrected chi connectivity index (χ3v) is 4.56. The summed E-state index contributed by atoms with van der Waals surface area (Å²) in [5.41, 5.74) is 3.23. The van der Waals surface area contributed by atoms with Crippen molar-refractivity contribution >= 4 is 59.9 Å². The highest BCUT2D eigenvalue weighted by Gasteiger charge is 2.05. The first-order valence-corrected chi connectivity index (χ1v) is 9.11. The quantitative estimate of drug-likeness (QED) is 0.450. The molecule has 0 bridgehead atoms. The van der Waals surface area contributed by atoms with Crippen LogP contribution in [0.25, 0.3) is 0 Å². The number of hydrogen-bond donors (Lipinski definition) is 1. The van der Waals surface area contributed by atoms with Gasteiger partial charge >= 0.3 is 0 Å². The molecule has 0 unspecified atom stereocenters. The third kappa shape index (κ3) is 5.61. The van der Waals surface area contributed by atoms with Crippen LogP contribution in [0, 0.1) is 0 Å². The van der Waals surface area contributed by atoms with Crippen molar-refractivity contribution in [1.82, 2.24) is 5.43 Å². The molecule has 5 nitrogen and oxygen atoms in total. The summed E-state index contributed by atoms with van der Waals surface area (Å²) < 4.78 is 13.1. The normalized spacial score (nSPS) is 10.7. The van der Waals surface area contributed by atoms with E-state index in [4.69, 9.17) is 9.47 Å². The topological polar surface area (TPSA) is 59.9 Å². The summed E-state index contributed by atoms with van der Waals surface area (Å²) in [6.07, 6.45) is 1.54. The van der Waals surface area contributed by atoms with Crippen LogP contribution in [0.1, 0.15) is 5.56 Å². The molecule has 0 radical (unpaired) electrons. The highest BCUT2D eigenvalue weighted by Crippen LogP contribution is 2.28. The fraction of sp³-hybridized carbons (Fsp3) is 0.125. The van der Waals surface area contributed by atoms with Gasteiger partial charge in [0.25, 0.3) is 5.91 Å². The molecule has 0 aromatic heterocycles. The van der Waals surface area contributed by atoms with Crippen LogP contribution in [0.4, 0.5) is 0 Å². The SMILES string of the molecule is COc1ccc(/C=N/NC(=O)COc2ccc(Br)cc2Br)cc1Br. The molecule has 0 atom stereocenters. The van der Waals surface area contributed by atoms with E-state index >= 15 is 0 Å². The zero-order valence-corrected chi connectivity index (χ0v) is 17.3. The van der Waals surface area contributed by atoms with Gasteiger partial charge in [0.2, 0.25) is 0 Å². The Morgan fingerprint density at radius 3 is 2.50 bits per heavy atom. The Hall–Kier alpha value is -1.38. The molecule has 1 amide bonds. The lowest BCUT2D eigenvalue weighted by molar-refractivity contribution is -0.123. The van der Waals surface area contributed by atoms with E-state index in [1.165, 1.54) is 6.21 Å². The molecule has 2 rings (SSSR count). The van der Waals surface area contributed by atoms with Gasteiger partial charge in [0.1, 0.15) is 11.5 Å². The predicted octanol–water partition coefficient (Wildman–Crippen LogP) is 4.51. The van der Waals surface area contributed by atoms with Gasteiger partial charge in [0.15, 0.2) is 6.61 Å². The summed E-state index contributed by atoms with van der Waals surface area (Å²) in [5, 5.41) is 3.90. The molecule has 2 aromatic rings. The maximum absolute atomic E-state index is 11.7. The molecule has 1 N–H and O–H groups in total. The van der Waals surface area contributed by atoms with Crippen LogP contribution in [0.2, 0.25) is 0 Å². The number of carbonyl (C=O) groups is 1. The number of ether oxygens (including phenoxy) is 2. The Labute approximate surface area is 164 Å². The first kappa shape index (κ1) is 19.0. The van der Waals surface area contributed by atoms with E-state index in [1.54, 1.807) is 19.2 Å². The average molecular weight is 521 g/mol. The number of benzene rings is 2. The summed E-state index contributed by atoms with van der Waals surface area (Å²) in [6.45, 7) is -0.135. The van der Waals surface area contributed by atoms with Gasteiger partial charge in [-0.15, -0.1) is 0 Å². The Morgan fingerprint density at radius 2 is 1.83 bits per heavy atom. The summed E-state index contributed by atoms with van der Waals surface area (Å²) in [6, 6.07) is 10.9. The fourth-order valence-corrected chi connectivity index (χ4v) is 3.43. The van der Waals surface area contributed by atoms with E-state index in [-0.39, 0.29) is 12.5 Å². The monoisotopic (exact) mass is 518 g/mol. The lowest BCUT2D eigenvalue weighted by atomic mass is 10.2. The van der Waals surface area contributed by atoms with Gasteiger partial charge < -0.3 is 9.47 Å². The number of hydrazone groups is 1. The second-order valence-corrected chi connectivity index (χ2v) is 7.17. The molecule has 0 aliphatic heterocycles. The van der Waals surface area contributed by atoms with E-state index in [1.807, 2.05) is 24.3 Å². The number of halogens is 3. The number of hydrogen-bond acceptors (Lipinski definition) is 4. The Bertz CT molecular complexity index is 766. The molecular weight excluding hydrogens is 508 g/mol.